The van der Waals surface area contributed by atoms with Gasteiger partial charge in [0.1, 0.15) is 0 Å². The Morgan fingerprint density at radius 3 is 1.61 bits per heavy atom. The molecule has 158 valence electrons. The average molecular weight is 450 g/mol. The van der Waals surface area contributed by atoms with Crippen LogP contribution in [-0.4, -0.2) is 41.2 Å². The number of hydrogen-bond acceptors (Lipinski definition) is 1. The van der Waals surface area contributed by atoms with Gasteiger partial charge in [0.2, 0.25) is 0 Å². The van der Waals surface area contributed by atoms with Crippen molar-refractivity contribution >= 4 is 23.2 Å². The zero-order valence-corrected chi connectivity index (χ0v) is 13.9. The van der Waals surface area contributed by atoms with Gasteiger partial charge in [-0.1, -0.05) is 17.7 Å². The molecule has 28 heavy (non-hydrogen) atoms. The minimum absolute atomic E-state index is 0.241. The van der Waals surface area contributed by atoms with E-state index >= 15 is 0 Å². The summed E-state index contributed by atoms with van der Waals surface area (Å²) in [5, 5.41) is 0.765. The first kappa shape index (κ1) is 22.5. The van der Waals surface area contributed by atoms with Crippen molar-refractivity contribution in [2.75, 3.05) is 5.32 Å². The summed E-state index contributed by atoms with van der Waals surface area (Å²) >= 11 is 5.58. The van der Waals surface area contributed by atoms with Crippen molar-refractivity contribution in [1.29, 1.82) is 0 Å². The van der Waals surface area contributed by atoms with E-state index in [0.29, 0.717) is 0 Å². The first-order chi connectivity index (χ1) is 12.3. The van der Waals surface area contributed by atoms with Gasteiger partial charge in [-0.2, -0.15) is 43.9 Å². The number of amides is 1. The summed E-state index contributed by atoms with van der Waals surface area (Å²) in [5.74, 6) is -39.9. The molecule has 1 amide bonds. The SMILES string of the molecule is Cc1c(Cl)cccc1NC(=O)C1(F)C(F)(F)C(F)(F)C(F)(F)C(F)(F)C1(F)F. The number of carbonyl (C=O) groups is 1. The number of anilines is 1. The van der Waals surface area contributed by atoms with Crippen LogP contribution in [0.15, 0.2) is 18.2 Å². The van der Waals surface area contributed by atoms with Crippen molar-refractivity contribution in [1.82, 2.24) is 0 Å². The summed E-state index contributed by atoms with van der Waals surface area (Å²) in [6.07, 6.45) is 0. The first-order valence-corrected chi connectivity index (χ1v) is 7.34. The van der Waals surface area contributed by atoms with Crippen LogP contribution in [0.3, 0.4) is 0 Å². The highest BCUT2D eigenvalue weighted by atomic mass is 35.5. The zero-order chi connectivity index (χ0) is 22.1. The topological polar surface area (TPSA) is 29.1 Å². The van der Waals surface area contributed by atoms with Crippen molar-refractivity contribution in [3.8, 4) is 0 Å². The van der Waals surface area contributed by atoms with Gasteiger partial charge in [0.25, 0.3) is 5.91 Å². The molecule has 0 atom stereocenters. The van der Waals surface area contributed by atoms with Gasteiger partial charge in [-0.15, -0.1) is 0 Å². The lowest BCUT2D eigenvalue weighted by Gasteiger charge is -2.51. The van der Waals surface area contributed by atoms with Gasteiger partial charge in [0, 0.05) is 10.7 Å². The molecule has 0 unspecified atom stereocenters. The van der Waals surface area contributed by atoms with Gasteiger partial charge in [-0.25, -0.2) is 4.39 Å². The monoisotopic (exact) mass is 449 g/mol. The van der Waals surface area contributed by atoms with Gasteiger partial charge < -0.3 is 5.32 Å². The summed E-state index contributed by atoms with van der Waals surface area (Å²) in [6, 6.07) is 2.86. The molecule has 1 aliphatic carbocycles. The van der Waals surface area contributed by atoms with E-state index in [1.807, 2.05) is 0 Å². The molecule has 0 aromatic heterocycles. The van der Waals surface area contributed by atoms with E-state index in [0.717, 1.165) is 30.4 Å². The molecule has 1 saturated carbocycles. The van der Waals surface area contributed by atoms with E-state index in [-0.39, 0.29) is 10.6 Å². The Morgan fingerprint density at radius 1 is 0.786 bits per heavy atom. The molecule has 1 aromatic carbocycles. The predicted octanol–water partition coefficient (Wildman–Crippen LogP) is 5.49. The third-order valence-corrected chi connectivity index (χ3v) is 4.68. The van der Waals surface area contributed by atoms with Crippen LogP contribution >= 0.6 is 11.6 Å². The maximum absolute atomic E-state index is 14.5. The van der Waals surface area contributed by atoms with Crippen LogP contribution in [0.5, 0.6) is 0 Å². The lowest BCUT2D eigenvalue weighted by atomic mass is 9.71. The molecule has 0 aliphatic heterocycles. The van der Waals surface area contributed by atoms with E-state index < -0.39 is 46.9 Å². The van der Waals surface area contributed by atoms with Crippen molar-refractivity contribution < 1.29 is 53.1 Å². The predicted molar refractivity (Wildman–Crippen MR) is 73.4 cm³/mol. The molecule has 0 bridgehead atoms. The van der Waals surface area contributed by atoms with Crippen LogP contribution in [-0.2, 0) is 4.79 Å². The Morgan fingerprint density at radius 2 is 1.18 bits per heavy atom. The van der Waals surface area contributed by atoms with Crippen molar-refractivity contribution in [3.63, 3.8) is 0 Å². The van der Waals surface area contributed by atoms with Gasteiger partial charge in [0.05, 0.1) is 0 Å². The largest absolute Gasteiger partial charge is 0.384 e. The lowest BCUT2D eigenvalue weighted by molar-refractivity contribution is -0.475. The quantitative estimate of drug-likeness (QED) is 0.595. The van der Waals surface area contributed by atoms with E-state index in [1.165, 1.54) is 0 Å². The highest BCUT2D eigenvalue weighted by Gasteiger charge is 3.02. The highest BCUT2D eigenvalue weighted by Crippen LogP contribution is 2.69. The molecule has 0 radical (unpaired) electrons. The number of carbonyl (C=O) groups excluding carboxylic acids is 1. The molecular weight excluding hydrogens is 443 g/mol. The lowest BCUT2D eigenvalue weighted by Crippen LogP contribution is -2.86. The molecule has 1 aliphatic rings. The third kappa shape index (κ3) is 2.25. The van der Waals surface area contributed by atoms with Crippen LogP contribution in [0, 0.1) is 6.92 Å². The minimum atomic E-state index is -7.38. The number of alkyl halides is 11. The summed E-state index contributed by atoms with van der Waals surface area (Å²) < 4.78 is 149. The van der Waals surface area contributed by atoms with Gasteiger partial charge in [-0.3, -0.25) is 4.79 Å². The van der Waals surface area contributed by atoms with Crippen molar-refractivity contribution in [2.45, 2.75) is 42.2 Å². The van der Waals surface area contributed by atoms with E-state index in [4.69, 9.17) is 11.6 Å². The van der Waals surface area contributed by atoms with Crippen LogP contribution in [0.2, 0.25) is 5.02 Å². The summed E-state index contributed by atoms with van der Waals surface area (Å²) in [4.78, 5) is 11.8. The molecular formula is C14H7ClF11NO. The molecule has 2 nitrogen and oxygen atoms in total. The Kier molecular flexibility index (Phi) is 4.71. The number of benzene rings is 1. The maximum Gasteiger partial charge on any atom is 0.384 e. The molecule has 1 fully saturated rings. The van der Waals surface area contributed by atoms with Crippen molar-refractivity contribution in [2.24, 2.45) is 0 Å². The molecule has 0 heterocycles. The number of rotatable bonds is 2. The fraction of sp³-hybridized carbons (Fsp3) is 0.500. The minimum Gasteiger partial charge on any atom is -0.323 e. The second-order valence-electron chi connectivity index (χ2n) is 5.90. The van der Waals surface area contributed by atoms with Crippen LogP contribution in [0.4, 0.5) is 54.0 Å². The first-order valence-electron chi connectivity index (χ1n) is 6.97. The normalized spacial score (nSPS) is 25.8. The van der Waals surface area contributed by atoms with Gasteiger partial charge >= 0.3 is 35.3 Å². The summed E-state index contributed by atoms with van der Waals surface area (Å²) in [6.45, 7) is 1.04. The van der Waals surface area contributed by atoms with Crippen LogP contribution in [0.1, 0.15) is 5.56 Å². The molecule has 14 heteroatoms. The molecule has 2 rings (SSSR count). The maximum atomic E-state index is 14.5. The number of halogens is 12. The average Bonchev–Trinajstić information content (AvgIpc) is 2.56. The third-order valence-electron chi connectivity index (χ3n) is 4.27. The molecule has 1 N–H and O–H groups in total. The van der Waals surface area contributed by atoms with E-state index in [9.17, 15) is 53.1 Å². The Labute approximate surface area is 153 Å². The van der Waals surface area contributed by atoms with Gasteiger partial charge in [-0.05, 0) is 24.6 Å². The Hall–Kier alpha value is -1.79. The zero-order valence-electron chi connectivity index (χ0n) is 13.2. The molecule has 0 saturated heterocycles. The second-order valence-corrected chi connectivity index (χ2v) is 6.30. The van der Waals surface area contributed by atoms with Crippen LogP contribution in [0.25, 0.3) is 0 Å². The number of hydrogen-bond donors (Lipinski definition) is 1. The fourth-order valence-corrected chi connectivity index (χ4v) is 2.63. The summed E-state index contributed by atoms with van der Waals surface area (Å²) in [5.41, 5.74) is -7.80. The van der Waals surface area contributed by atoms with Gasteiger partial charge in [0.15, 0.2) is 0 Å². The Balaban J connectivity index is 2.71. The smallest absolute Gasteiger partial charge is 0.323 e. The highest BCUT2D eigenvalue weighted by molar-refractivity contribution is 6.31. The van der Waals surface area contributed by atoms with Crippen LogP contribution < -0.4 is 5.32 Å². The van der Waals surface area contributed by atoms with E-state index in [1.54, 1.807) is 0 Å². The standard InChI is InChI=1S/C14H7ClF11NO/c1-5-6(15)3-2-4-7(5)27-8(28)9(16)10(17,18)12(21,22)14(25,26)13(23,24)11(9,19)20/h2-4H,1H3,(H,27,28). The molecule has 1 aromatic rings. The molecule has 0 spiro atoms. The second kappa shape index (κ2) is 5.86. The number of nitrogens with one attached hydrogen (secondary N) is 1. The Bertz CT molecular complexity index is 794. The summed E-state index contributed by atoms with van der Waals surface area (Å²) in [7, 11) is 0. The van der Waals surface area contributed by atoms with E-state index in [2.05, 4.69) is 0 Å². The van der Waals surface area contributed by atoms with Crippen molar-refractivity contribution in [3.05, 3.63) is 28.8 Å². The fourth-order valence-electron chi connectivity index (χ4n) is 2.46.